The van der Waals surface area contributed by atoms with Crippen molar-refractivity contribution in [2.75, 3.05) is 0 Å². The zero-order valence-corrected chi connectivity index (χ0v) is 11.7. The van der Waals surface area contributed by atoms with Crippen LogP contribution in [0, 0.1) is 11.8 Å². The lowest BCUT2D eigenvalue weighted by Gasteiger charge is -1.96. The Morgan fingerprint density at radius 1 is 1.25 bits per heavy atom. The highest BCUT2D eigenvalue weighted by atomic mass is 32.2. The predicted octanol–water partition coefficient (Wildman–Crippen LogP) is 2.32. The van der Waals surface area contributed by atoms with E-state index in [0.717, 1.165) is 0 Å². The molecule has 0 aliphatic heterocycles. The van der Waals surface area contributed by atoms with Crippen LogP contribution in [0.1, 0.15) is 22.8 Å². The van der Waals surface area contributed by atoms with Crippen LogP contribution in [-0.4, -0.2) is 15.1 Å². The fourth-order valence-corrected chi connectivity index (χ4v) is 2.35. The summed E-state index contributed by atoms with van der Waals surface area (Å²) in [6.45, 7) is 1.70. The summed E-state index contributed by atoms with van der Waals surface area (Å²) < 4.78 is 15.7. The number of thiol groups is 1. The maximum absolute atomic E-state index is 12.0. The number of aromatic nitrogens is 1. The Kier molecular flexibility index (Phi) is 4.64. The van der Waals surface area contributed by atoms with Crippen LogP contribution >= 0.6 is 0 Å². The van der Waals surface area contributed by atoms with E-state index in [0.29, 0.717) is 10.5 Å². The second kappa shape index (κ2) is 6.64. The first-order valence-electron chi connectivity index (χ1n) is 5.87. The lowest BCUT2D eigenvalue weighted by molar-refractivity contribution is 0.100. The van der Waals surface area contributed by atoms with Gasteiger partial charge >= 0.3 is 0 Å². The molecule has 20 heavy (non-hydrogen) atoms. The van der Waals surface area contributed by atoms with E-state index in [1.165, 1.54) is 6.20 Å². The molecule has 2 rings (SSSR count). The number of hydrogen-bond donors (Lipinski definition) is 1. The summed E-state index contributed by atoms with van der Waals surface area (Å²) in [6.07, 6.45) is 2.95. The number of nitrogens with zero attached hydrogens (tertiary/aromatic N) is 2. The molecule has 100 valence electrons. The summed E-state index contributed by atoms with van der Waals surface area (Å²) in [7, 11) is -2.09. The lowest BCUT2D eigenvalue weighted by atomic mass is 10.2. The van der Waals surface area contributed by atoms with E-state index in [9.17, 15) is 9.00 Å². The molecule has 0 aliphatic carbocycles. The van der Waals surface area contributed by atoms with Crippen molar-refractivity contribution < 1.29 is 9.00 Å². The Morgan fingerprint density at radius 3 is 2.70 bits per heavy atom. The van der Waals surface area contributed by atoms with Crippen LogP contribution in [0.2, 0.25) is 0 Å². The maximum atomic E-state index is 12.0. The van der Waals surface area contributed by atoms with Crippen molar-refractivity contribution in [1.82, 2.24) is 4.98 Å². The molecule has 1 amide bonds. The molecule has 0 saturated heterocycles. The monoisotopic (exact) mass is 284 g/mol. The Morgan fingerprint density at radius 2 is 2.00 bits per heavy atom. The zero-order chi connectivity index (χ0) is 14.4. The highest BCUT2D eigenvalue weighted by molar-refractivity contribution is 7.75. The summed E-state index contributed by atoms with van der Waals surface area (Å²) in [4.78, 5) is 16.4. The molecule has 1 aromatic carbocycles. The summed E-state index contributed by atoms with van der Waals surface area (Å²) in [5, 5.41) is 0. The summed E-state index contributed by atoms with van der Waals surface area (Å²) in [5.74, 6) is 4.98. The van der Waals surface area contributed by atoms with E-state index < -0.39 is 16.5 Å². The third-order valence-electron chi connectivity index (χ3n) is 2.41. The first-order chi connectivity index (χ1) is 9.70. The second-order valence-corrected chi connectivity index (χ2v) is 5.11. The van der Waals surface area contributed by atoms with Crippen molar-refractivity contribution in [3.8, 4) is 11.8 Å². The molecular weight excluding hydrogens is 272 g/mol. The van der Waals surface area contributed by atoms with Gasteiger partial charge in [0.15, 0.2) is 0 Å². The van der Waals surface area contributed by atoms with E-state index in [1.54, 1.807) is 43.5 Å². The average Bonchev–Trinajstić information content (AvgIpc) is 2.48. The number of carbonyl (C=O) groups is 1. The molecular formula is C15H12N2O2S. The molecule has 0 radical (unpaired) electrons. The van der Waals surface area contributed by atoms with Gasteiger partial charge in [-0.05, 0) is 25.1 Å². The van der Waals surface area contributed by atoms with Gasteiger partial charge in [0, 0.05) is 22.9 Å². The number of carbonyl (C=O) groups excluding carboxylic acids is 1. The van der Waals surface area contributed by atoms with Crippen LogP contribution in [0.5, 0.6) is 0 Å². The summed E-state index contributed by atoms with van der Waals surface area (Å²) in [6, 6.07) is 10.2. The van der Waals surface area contributed by atoms with Crippen LogP contribution in [0.4, 0.5) is 0 Å². The van der Waals surface area contributed by atoms with Gasteiger partial charge in [-0.2, -0.15) is 4.36 Å². The van der Waals surface area contributed by atoms with Gasteiger partial charge in [0.2, 0.25) is 0 Å². The molecule has 1 heterocycles. The van der Waals surface area contributed by atoms with E-state index in [1.807, 2.05) is 6.07 Å². The largest absolute Gasteiger partial charge is 0.286 e. The third kappa shape index (κ3) is 3.53. The molecule has 2 aromatic rings. The molecule has 5 heteroatoms. The molecule has 0 N–H and O–H groups in total. The summed E-state index contributed by atoms with van der Waals surface area (Å²) >= 11 is 0. The van der Waals surface area contributed by atoms with Crippen molar-refractivity contribution in [2.45, 2.75) is 11.8 Å². The first kappa shape index (κ1) is 14.0. The van der Waals surface area contributed by atoms with E-state index in [4.69, 9.17) is 0 Å². The van der Waals surface area contributed by atoms with Crippen LogP contribution < -0.4 is 0 Å². The predicted molar refractivity (Wildman–Crippen MR) is 77.8 cm³/mol. The standard InChI is InChI=1S/C15H12N2O2S/c1-2-6-12-9-13(11-16-10-12)15(18)17-20(19)14-7-4-3-5-8-14/h3-5,7-11,20H,1H3. The van der Waals surface area contributed by atoms with Crippen molar-refractivity contribution in [2.24, 2.45) is 4.36 Å². The molecule has 4 nitrogen and oxygen atoms in total. The van der Waals surface area contributed by atoms with E-state index >= 15 is 0 Å². The number of benzene rings is 1. The third-order valence-corrected chi connectivity index (χ3v) is 3.52. The van der Waals surface area contributed by atoms with Gasteiger partial charge in [0.05, 0.1) is 16.2 Å². The van der Waals surface area contributed by atoms with Crippen LogP contribution in [0.15, 0.2) is 58.1 Å². The highest BCUT2D eigenvalue weighted by Gasteiger charge is 2.06. The lowest BCUT2D eigenvalue weighted by Crippen LogP contribution is -1.97. The average molecular weight is 284 g/mol. The molecule has 0 saturated carbocycles. The Bertz CT molecular complexity index is 767. The SMILES string of the molecule is CC#Cc1cncc(C(=O)N=[SH](=O)c2ccccc2)c1. The number of hydrogen-bond acceptors (Lipinski definition) is 3. The van der Waals surface area contributed by atoms with Crippen molar-refractivity contribution >= 4 is 16.5 Å². The fraction of sp³-hybridized carbons (Fsp3) is 0.0667. The van der Waals surface area contributed by atoms with Gasteiger partial charge in [-0.25, -0.2) is 4.21 Å². The number of amides is 1. The van der Waals surface area contributed by atoms with Crippen LogP contribution in [0.3, 0.4) is 0 Å². The van der Waals surface area contributed by atoms with Gasteiger partial charge in [0.25, 0.3) is 5.91 Å². The first-order valence-corrected chi connectivity index (χ1v) is 7.08. The smallest absolute Gasteiger partial charge is 0.266 e. The van der Waals surface area contributed by atoms with Crippen molar-refractivity contribution in [3.05, 3.63) is 59.9 Å². The van der Waals surface area contributed by atoms with E-state index in [2.05, 4.69) is 21.2 Å². The van der Waals surface area contributed by atoms with Crippen LogP contribution in [-0.2, 0) is 10.6 Å². The maximum Gasteiger partial charge on any atom is 0.286 e. The quantitative estimate of drug-likeness (QED) is 0.680. The minimum atomic E-state index is -2.09. The minimum Gasteiger partial charge on any atom is -0.266 e. The van der Waals surface area contributed by atoms with Gasteiger partial charge in [-0.1, -0.05) is 24.1 Å². The zero-order valence-electron chi connectivity index (χ0n) is 10.8. The topological polar surface area (TPSA) is 59.4 Å². The Hall–Kier alpha value is -2.45. The van der Waals surface area contributed by atoms with Crippen molar-refractivity contribution in [3.63, 3.8) is 0 Å². The van der Waals surface area contributed by atoms with Crippen molar-refractivity contribution in [1.29, 1.82) is 0 Å². The normalized spacial score (nSPS) is 11.4. The minimum absolute atomic E-state index is 0.282. The molecule has 1 aromatic heterocycles. The van der Waals surface area contributed by atoms with Gasteiger partial charge in [-0.3, -0.25) is 9.78 Å². The van der Waals surface area contributed by atoms with E-state index in [-0.39, 0.29) is 5.56 Å². The fourth-order valence-electron chi connectivity index (χ4n) is 1.52. The number of pyridine rings is 1. The Balaban J connectivity index is 2.30. The number of rotatable bonds is 2. The van der Waals surface area contributed by atoms with Gasteiger partial charge in [-0.15, -0.1) is 5.92 Å². The molecule has 0 bridgehead atoms. The molecule has 1 atom stereocenters. The second-order valence-electron chi connectivity index (χ2n) is 3.85. The van der Waals surface area contributed by atoms with Gasteiger partial charge in [0.1, 0.15) is 0 Å². The molecule has 0 spiro atoms. The molecule has 0 fully saturated rings. The summed E-state index contributed by atoms with van der Waals surface area (Å²) in [5.41, 5.74) is 0.910. The molecule has 0 aliphatic rings. The van der Waals surface area contributed by atoms with Crippen LogP contribution in [0.25, 0.3) is 0 Å². The Labute approximate surface area is 119 Å². The van der Waals surface area contributed by atoms with Gasteiger partial charge < -0.3 is 0 Å². The highest BCUT2D eigenvalue weighted by Crippen LogP contribution is 2.07. The molecule has 1 unspecified atom stereocenters.